The lowest BCUT2D eigenvalue weighted by atomic mass is 10.1. The van der Waals surface area contributed by atoms with Gasteiger partial charge < -0.3 is 19.8 Å². The van der Waals surface area contributed by atoms with Crippen LogP contribution in [0.5, 0.6) is 5.75 Å². The van der Waals surface area contributed by atoms with Crippen LogP contribution in [0, 0.1) is 0 Å². The fraction of sp³-hybridized carbons (Fsp3) is 0.414. The Labute approximate surface area is 212 Å². The van der Waals surface area contributed by atoms with E-state index in [4.69, 9.17) is 25.2 Å². The summed E-state index contributed by atoms with van der Waals surface area (Å²) in [5.41, 5.74) is 10.6. The van der Waals surface area contributed by atoms with E-state index in [1.165, 1.54) is 32.1 Å². The predicted molar refractivity (Wildman–Crippen MR) is 144 cm³/mol. The van der Waals surface area contributed by atoms with Crippen molar-refractivity contribution >= 4 is 34.0 Å². The van der Waals surface area contributed by atoms with Crippen LogP contribution < -0.4 is 10.5 Å². The molecule has 0 saturated carbocycles. The molecule has 0 amide bonds. The van der Waals surface area contributed by atoms with Crippen LogP contribution in [0.15, 0.2) is 48.5 Å². The van der Waals surface area contributed by atoms with E-state index in [1.54, 1.807) is 7.11 Å². The van der Waals surface area contributed by atoms with E-state index in [0.717, 1.165) is 41.6 Å². The van der Waals surface area contributed by atoms with E-state index in [0.29, 0.717) is 35.7 Å². The molecule has 2 heterocycles. The van der Waals surface area contributed by atoms with Gasteiger partial charge in [0.2, 0.25) is 0 Å². The van der Waals surface area contributed by atoms with Crippen LogP contribution in [0.3, 0.4) is 0 Å². The predicted octanol–water partition coefficient (Wildman–Crippen LogP) is 6.33. The molecule has 0 fully saturated rings. The third kappa shape index (κ3) is 5.96. The number of benzene rings is 2. The van der Waals surface area contributed by atoms with Crippen molar-refractivity contribution in [2.45, 2.75) is 64.8 Å². The van der Waals surface area contributed by atoms with Crippen LogP contribution in [0.1, 0.15) is 67.8 Å². The minimum atomic E-state index is -0.434. The maximum atomic E-state index is 13.2. The van der Waals surface area contributed by atoms with E-state index >= 15 is 0 Å². The topological polar surface area (TPSA) is 92.3 Å². The number of hydrogen-bond acceptors (Lipinski definition) is 6. The molecule has 0 saturated heterocycles. The first kappa shape index (κ1) is 25.5. The van der Waals surface area contributed by atoms with E-state index < -0.39 is 5.97 Å². The van der Waals surface area contributed by atoms with Gasteiger partial charge in [-0.05, 0) is 42.7 Å². The number of esters is 1. The first-order valence-electron chi connectivity index (χ1n) is 13.0. The third-order valence-electron chi connectivity index (χ3n) is 6.56. The zero-order chi connectivity index (χ0) is 25.3. The highest BCUT2D eigenvalue weighted by Gasteiger charge is 2.25. The third-order valence-corrected chi connectivity index (χ3v) is 6.56. The molecule has 0 aliphatic rings. The number of aromatic nitrogens is 3. The van der Waals surface area contributed by atoms with E-state index in [2.05, 4.69) is 6.92 Å². The smallest absolute Gasteiger partial charge is 0.344 e. The number of methoxy groups -OCH3 is 1. The minimum absolute atomic E-state index is 0.306. The Morgan fingerprint density at radius 1 is 0.917 bits per heavy atom. The van der Waals surface area contributed by atoms with Crippen LogP contribution in [0.25, 0.3) is 22.2 Å². The van der Waals surface area contributed by atoms with Crippen LogP contribution in [-0.4, -0.2) is 34.2 Å². The Kier molecular flexibility index (Phi) is 8.76. The average Bonchev–Trinajstić information content (AvgIpc) is 3.17. The molecule has 0 aliphatic heterocycles. The number of fused-ring (bicyclic) bond motifs is 2. The molecule has 0 spiro atoms. The highest BCUT2D eigenvalue weighted by Crippen LogP contribution is 2.29. The lowest BCUT2D eigenvalue weighted by Gasteiger charge is -2.09. The molecule has 7 nitrogen and oxygen atoms in total. The molecule has 0 radical (unpaired) electrons. The van der Waals surface area contributed by atoms with Crippen molar-refractivity contribution in [3.8, 4) is 5.75 Å². The summed E-state index contributed by atoms with van der Waals surface area (Å²) >= 11 is 0. The zero-order valence-electron chi connectivity index (χ0n) is 21.3. The fourth-order valence-corrected chi connectivity index (χ4v) is 4.47. The Bertz CT molecular complexity index is 1300. The van der Waals surface area contributed by atoms with Crippen molar-refractivity contribution in [1.82, 2.24) is 14.5 Å². The van der Waals surface area contributed by atoms with Crippen molar-refractivity contribution in [2.24, 2.45) is 0 Å². The van der Waals surface area contributed by atoms with E-state index in [9.17, 15) is 4.79 Å². The first-order chi connectivity index (χ1) is 17.6. The van der Waals surface area contributed by atoms with Crippen molar-refractivity contribution in [1.29, 1.82) is 0 Å². The Balaban J connectivity index is 1.53. The number of nitrogen functional groups attached to an aromatic ring is 1. The largest absolute Gasteiger partial charge is 0.497 e. The summed E-state index contributed by atoms with van der Waals surface area (Å²) in [5.74, 6) is 0.725. The summed E-state index contributed by atoms with van der Waals surface area (Å²) in [7, 11) is 1.65. The van der Waals surface area contributed by atoms with Crippen LogP contribution >= 0.6 is 0 Å². The minimum Gasteiger partial charge on any atom is -0.497 e. The second-order valence-electron chi connectivity index (χ2n) is 9.15. The molecule has 190 valence electrons. The van der Waals surface area contributed by atoms with Crippen molar-refractivity contribution < 1.29 is 14.3 Å². The second-order valence-corrected chi connectivity index (χ2v) is 9.15. The van der Waals surface area contributed by atoms with Gasteiger partial charge in [-0.3, -0.25) is 0 Å². The van der Waals surface area contributed by atoms with Crippen molar-refractivity contribution in [3.05, 3.63) is 59.7 Å². The molecule has 2 aromatic carbocycles. The van der Waals surface area contributed by atoms with Gasteiger partial charge >= 0.3 is 5.97 Å². The van der Waals surface area contributed by atoms with Crippen LogP contribution in [-0.2, 0) is 17.7 Å². The summed E-state index contributed by atoms with van der Waals surface area (Å²) in [4.78, 5) is 22.7. The zero-order valence-corrected chi connectivity index (χ0v) is 21.3. The second kappa shape index (κ2) is 12.4. The maximum absolute atomic E-state index is 13.2. The molecular formula is C29H36N4O3. The van der Waals surface area contributed by atoms with Crippen LogP contribution in [0.4, 0.5) is 5.82 Å². The van der Waals surface area contributed by atoms with Gasteiger partial charge in [0.15, 0.2) is 5.65 Å². The highest BCUT2D eigenvalue weighted by molar-refractivity contribution is 6.08. The lowest BCUT2D eigenvalue weighted by Crippen LogP contribution is -2.11. The number of nitrogens with zero attached hydrogens (tertiary/aromatic N) is 3. The van der Waals surface area contributed by atoms with Gasteiger partial charge in [0.25, 0.3) is 0 Å². The molecule has 0 unspecified atom stereocenters. The molecule has 2 aromatic heterocycles. The number of anilines is 1. The first-order valence-corrected chi connectivity index (χ1v) is 13.0. The fourth-order valence-electron chi connectivity index (χ4n) is 4.47. The Morgan fingerprint density at radius 2 is 1.58 bits per heavy atom. The normalized spacial score (nSPS) is 11.3. The van der Waals surface area contributed by atoms with Gasteiger partial charge in [0.05, 0.1) is 24.8 Å². The quantitative estimate of drug-likeness (QED) is 0.175. The Hall–Kier alpha value is -3.61. The number of aryl methyl sites for hydroxylation is 2. The van der Waals surface area contributed by atoms with Gasteiger partial charge in [-0.1, -0.05) is 69.7 Å². The summed E-state index contributed by atoms with van der Waals surface area (Å²) < 4.78 is 12.8. The number of para-hydroxylation sites is 2. The SMILES string of the molecule is CCCCCCCCCOC(=O)c1c(N)n(CCc2ccc(OC)cc2)c2nc3ccccc3nc12. The van der Waals surface area contributed by atoms with Gasteiger partial charge in [-0.2, -0.15) is 0 Å². The lowest BCUT2D eigenvalue weighted by molar-refractivity contribution is 0.0501. The highest BCUT2D eigenvalue weighted by atomic mass is 16.5. The van der Waals surface area contributed by atoms with Gasteiger partial charge in [-0.25, -0.2) is 14.8 Å². The number of carbonyl (C=O) groups is 1. The molecule has 0 atom stereocenters. The van der Waals surface area contributed by atoms with Crippen molar-refractivity contribution in [3.63, 3.8) is 0 Å². The molecule has 4 rings (SSSR count). The van der Waals surface area contributed by atoms with E-state index in [1.807, 2.05) is 53.1 Å². The number of nitrogens with two attached hydrogens (primary N) is 1. The molecular weight excluding hydrogens is 452 g/mol. The average molecular weight is 489 g/mol. The summed E-state index contributed by atoms with van der Waals surface area (Å²) in [6.07, 6.45) is 8.83. The molecule has 4 aromatic rings. The number of ether oxygens (including phenoxy) is 2. The van der Waals surface area contributed by atoms with E-state index in [-0.39, 0.29) is 0 Å². The number of rotatable bonds is 13. The number of hydrogen-bond donors (Lipinski definition) is 1. The maximum Gasteiger partial charge on any atom is 0.344 e. The number of unbranched alkanes of at least 4 members (excludes halogenated alkanes) is 6. The van der Waals surface area contributed by atoms with Gasteiger partial charge in [-0.15, -0.1) is 0 Å². The molecule has 0 aliphatic carbocycles. The standard InChI is InChI=1S/C29H36N4O3/c1-3-4-5-6-7-8-11-20-36-29(34)25-26-28(32-24-13-10-9-12-23(24)31-26)33(27(25)30)19-18-21-14-16-22(35-2)17-15-21/h9-10,12-17H,3-8,11,18-20,30H2,1-2H3. The summed E-state index contributed by atoms with van der Waals surface area (Å²) in [5, 5.41) is 0. The van der Waals surface area contributed by atoms with Gasteiger partial charge in [0, 0.05) is 6.54 Å². The Morgan fingerprint density at radius 3 is 2.28 bits per heavy atom. The summed E-state index contributed by atoms with van der Waals surface area (Å²) in [6, 6.07) is 15.6. The van der Waals surface area contributed by atoms with Gasteiger partial charge in [0.1, 0.15) is 22.6 Å². The number of carbonyl (C=O) groups excluding carboxylic acids is 1. The van der Waals surface area contributed by atoms with Crippen LogP contribution in [0.2, 0.25) is 0 Å². The summed E-state index contributed by atoms with van der Waals surface area (Å²) in [6.45, 7) is 3.16. The van der Waals surface area contributed by atoms with Crippen molar-refractivity contribution in [2.75, 3.05) is 19.5 Å². The molecule has 36 heavy (non-hydrogen) atoms. The molecule has 2 N–H and O–H groups in total. The molecule has 7 heteroatoms. The molecule has 0 bridgehead atoms. The monoisotopic (exact) mass is 488 g/mol.